The molecule has 0 aromatic heterocycles. The van der Waals surface area contributed by atoms with Gasteiger partial charge in [0.25, 0.3) is 0 Å². The molecule has 0 aliphatic rings. The molecule has 1 nitrogen and oxygen atoms in total. The Kier molecular flexibility index (Phi) is 3.99. The van der Waals surface area contributed by atoms with Crippen molar-refractivity contribution in [1.29, 1.82) is 0 Å². The summed E-state index contributed by atoms with van der Waals surface area (Å²) in [6.07, 6.45) is -6.07. The summed E-state index contributed by atoms with van der Waals surface area (Å²) in [6, 6.07) is 6.48. The first kappa shape index (κ1) is 12.3. The average molecular weight is 239 g/mol. The van der Waals surface area contributed by atoms with E-state index in [0.29, 0.717) is 10.6 Å². The van der Waals surface area contributed by atoms with E-state index in [1.54, 1.807) is 24.3 Å². The summed E-state index contributed by atoms with van der Waals surface area (Å²) >= 11 is 5.63. The maximum absolute atomic E-state index is 12.1. The van der Waals surface area contributed by atoms with Crippen LogP contribution in [0.3, 0.4) is 0 Å². The van der Waals surface area contributed by atoms with Crippen LogP contribution in [0.4, 0.5) is 13.2 Å². The van der Waals surface area contributed by atoms with Crippen molar-refractivity contribution in [3.05, 3.63) is 34.9 Å². The van der Waals surface area contributed by atoms with Crippen LogP contribution in [0.25, 0.3) is 0 Å². The Bertz CT molecular complexity index is 307. The fourth-order valence-corrected chi connectivity index (χ4v) is 1.02. The van der Waals surface area contributed by atoms with Crippen LogP contribution >= 0.6 is 11.6 Å². The zero-order chi connectivity index (χ0) is 11.5. The van der Waals surface area contributed by atoms with Gasteiger partial charge in [-0.2, -0.15) is 13.2 Å². The first-order valence-electron chi connectivity index (χ1n) is 4.32. The van der Waals surface area contributed by atoms with Gasteiger partial charge in [0.2, 0.25) is 0 Å². The molecule has 0 aliphatic carbocycles. The molecule has 1 unspecified atom stereocenters. The maximum atomic E-state index is 12.1. The van der Waals surface area contributed by atoms with Crippen molar-refractivity contribution in [3.8, 4) is 0 Å². The van der Waals surface area contributed by atoms with Crippen LogP contribution < -0.4 is 0 Å². The first-order chi connectivity index (χ1) is 6.89. The smallest absolute Gasteiger partial charge is 0.364 e. The van der Waals surface area contributed by atoms with Crippen molar-refractivity contribution in [1.82, 2.24) is 0 Å². The molecule has 1 aromatic rings. The van der Waals surface area contributed by atoms with E-state index in [-0.39, 0.29) is 6.61 Å². The molecule has 0 saturated heterocycles. The number of hydrogen-bond acceptors (Lipinski definition) is 1. The normalized spacial score (nSPS) is 13.9. The van der Waals surface area contributed by atoms with Crippen LogP contribution in [-0.2, 0) is 11.3 Å². The molecule has 15 heavy (non-hydrogen) atoms. The highest BCUT2D eigenvalue weighted by atomic mass is 35.5. The summed E-state index contributed by atoms with van der Waals surface area (Å²) in [5.41, 5.74) is 0.663. The summed E-state index contributed by atoms with van der Waals surface area (Å²) in [5.74, 6) is 0. The van der Waals surface area contributed by atoms with Gasteiger partial charge in [-0.25, -0.2) is 0 Å². The van der Waals surface area contributed by atoms with Crippen molar-refractivity contribution in [2.75, 3.05) is 0 Å². The lowest BCUT2D eigenvalue weighted by molar-refractivity contribution is -0.217. The fourth-order valence-electron chi connectivity index (χ4n) is 0.896. The third kappa shape index (κ3) is 4.10. The van der Waals surface area contributed by atoms with E-state index >= 15 is 0 Å². The van der Waals surface area contributed by atoms with Gasteiger partial charge < -0.3 is 4.74 Å². The van der Waals surface area contributed by atoms with Gasteiger partial charge in [-0.05, 0) is 24.6 Å². The number of rotatable bonds is 3. The molecule has 1 aromatic carbocycles. The Morgan fingerprint density at radius 2 is 1.80 bits per heavy atom. The van der Waals surface area contributed by atoms with Crippen molar-refractivity contribution < 1.29 is 17.9 Å². The van der Waals surface area contributed by atoms with Crippen molar-refractivity contribution in [2.45, 2.75) is 25.8 Å². The number of halogens is 4. The highest BCUT2D eigenvalue weighted by molar-refractivity contribution is 6.30. The fraction of sp³-hybridized carbons (Fsp3) is 0.400. The van der Waals surface area contributed by atoms with Gasteiger partial charge in [0.1, 0.15) is 0 Å². The predicted octanol–water partition coefficient (Wildman–Crippen LogP) is 3.81. The predicted molar refractivity (Wildman–Crippen MR) is 51.8 cm³/mol. The van der Waals surface area contributed by atoms with Crippen LogP contribution in [0.2, 0.25) is 5.02 Å². The monoisotopic (exact) mass is 238 g/mol. The van der Waals surface area contributed by atoms with Crippen LogP contribution in [0.5, 0.6) is 0 Å². The highest BCUT2D eigenvalue weighted by Crippen LogP contribution is 2.23. The summed E-state index contributed by atoms with van der Waals surface area (Å²) in [5, 5.41) is 0.544. The summed E-state index contributed by atoms with van der Waals surface area (Å²) in [4.78, 5) is 0. The molecule has 5 heteroatoms. The molecule has 0 heterocycles. The van der Waals surface area contributed by atoms with E-state index in [2.05, 4.69) is 4.74 Å². The lowest BCUT2D eigenvalue weighted by Gasteiger charge is -2.16. The Labute approximate surface area is 90.8 Å². The Morgan fingerprint density at radius 3 is 2.27 bits per heavy atom. The minimum atomic E-state index is -4.31. The number of hydrogen-bond donors (Lipinski definition) is 0. The Morgan fingerprint density at radius 1 is 1.27 bits per heavy atom. The molecular weight excluding hydrogens is 229 g/mol. The average Bonchev–Trinajstić information content (AvgIpc) is 2.15. The van der Waals surface area contributed by atoms with Crippen LogP contribution in [0.1, 0.15) is 12.5 Å². The van der Waals surface area contributed by atoms with E-state index in [0.717, 1.165) is 6.92 Å². The zero-order valence-corrected chi connectivity index (χ0v) is 8.77. The summed E-state index contributed by atoms with van der Waals surface area (Å²) in [7, 11) is 0. The first-order valence-corrected chi connectivity index (χ1v) is 4.70. The van der Waals surface area contributed by atoms with Crippen LogP contribution in [0, 0.1) is 0 Å². The van der Waals surface area contributed by atoms with Crippen LogP contribution in [0.15, 0.2) is 24.3 Å². The maximum Gasteiger partial charge on any atom is 0.414 e. The molecule has 0 bridgehead atoms. The minimum absolute atomic E-state index is 0.0716. The third-order valence-electron chi connectivity index (χ3n) is 1.87. The van der Waals surface area contributed by atoms with Gasteiger partial charge >= 0.3 is 6.18 Å². The molecule has 1 atom stereocenters. The summed E-state index contributed by atoms with van der Waals surface area (Å²) in [6.45, 7) is 0.910. The molecule has 84 valence electrons. The van der Waals surface area contributed by atoms with E-state index in [9.17, 15) is 13.2 Å². The molecule has 1 rings (SSSR count). The molecule has 0 saturated carbocycles. The molecule has 0 aliphatic heterocycles. The Hall–Kier alpha value is -0.740. The third-order valence-corrected chi connectivity index (χ3v) is 2.13. The summed E-state index contributed by atoms with van der Waals surface area (Å²) < 4.78 is 40.9. The second-order valence-electron chi connectivity index (χ2n) is 3.12. The topological polar surface area (TPSA) is 9.23 Å². The molecule has 0 N–H and O–H groups in total. The number of ether oxygens (including phenoxy) is 1. The quantitative estimate of drug-likeness (QED) is 0.778. The van der Waals surface area contributed by atoms with Crippen LogP contribution in [-0.4, -0.2) is 12.3 Å². The molecule has 0 amide bonds. The van der Waals surface area contributed by atoms with Crippen molar-refractivity contribution >= 4 is 11.6 Å². The second-order valence-corrected chi connectivity index (χ2v) is 3.56. The van der Waals surface area contributed by atoms with Gasteiger partial charge in [0.05, 0.1) is 6.61 Å². The molecule has 0 fully saturated rings. The molecule has 0 radical (unpaired) electrons. The van der Waals surface area contributed by atoms with Crippen molar-refractivity contribution in [2.24, 2.45) is 0 Å². The number of alkyl halides is 3. The van der Waals surface area contributed by atoms with Gasteiger partial charge in [0.15, 0.2) is 6.10 Å². The molecular formula is C10H10ClF3O. The number of benzene rings is 1. The van der Waals surface area contributed by atoms with Crippen molar-refractivity contribution in [3.63, 3.8) is 0 Å². The van der Waals surface area contributed by atoms with Gasteiger partial charge in [0, 0.05) is 5.02 Å². The van der Waals surface area contributed by atoms with E-state index in [4.69, 9.17) is 11.6 Å². The largest absolute Gasteiger partial charge is 0.414 e. The second kappa shape index (κ2) is 4.86. The lowest BCUT2D eigenvalue weighted by atomic mass is 10.2. The van der Waals surface area contributed by atoms with Gasteiger partial charge in [-0.3, -0.25) is 0 Å². The van der Waals surface area contributed by atoms with Gasteiger partial charge in [-0.15, -0.1) is 0 Å². The Balaban J connectivity index is 2.47. The minimum Gasteiger partial charge on any atom is -0.364 e. The zero-order valence-electron chi connectivity index (χ0n) is 8.01. The standard InChI is InChI=1S/C10H10ClF3O/c1-7(10(12,13)14)15-6-8-2-4-9(11)5-3-8/h2-5,7H,6H2,1H3. The highest BCUT2D eigenvalue weighted by Gasteiger charge is 2.36. The van der Waals surface area contributed by atoms with Gasteiger partial charge in [-0.1, -0.05) is 23.7 Å². The van der Waals surface area contributed by atoms with E-state index in [1.807, 2.05) is 0 Å². The SMILES string of the molecule is CC(OCc1ccc(Cl)cc1)C(F)(F)F. The van der Waals surface area contributed by atoms with E-state index < -0.39 is 12.3 Å². The molecule has 0 spiro atoms. The lowest BCUT2D eigenvalue weighted by Crippen LogP contribution is -2.28. The van der Waals surface area contributed by atoms with E-state index in [1.165, 1.54) is 0 Å².